The quantitative estimate of drug-likeness (QED) is 0.589. The molecule has 0 amide bonds. The van der Waals surface area contributed by atoms with Gasteiger partial charge in [0.2, 0.25) is 0 Å². The van der Waals surface area contributed by atoms with Crippen LogP contribution in [-0.4, -0.2) is 15.5 Å². The van der Waals surface area contributed by atoms with E-state index in [1.54, 1.807) is 18.3 Å². The van der Waals surface area contributed by atoms with Crippen molar-refractivity contribution in [2.75, 3.05) is 0 Å². The molecule has 5 heteroatoms. The molecule has 0 spiro atoms. The molecule has 0 aliphatic heterocycles. The monoisotopic (exact) mass is 240 g/mol. The molecule has 0 aromatic carbocycles. The average molecular weight is 240 g/mol. The molecule has 0 radical (unpaired) electrons. The summed E-state index contributed by atoms with van der Waals surface area (Å²) in [6, 6.07) is 5.57. The molecule has 1 aromatic rings. The van der Waals surface area contributed by atoms with E-state index in [1.165, 1.54) is 11.3 Å². The zero-order chi connectivity index (χ0) is 11.5. The van der Waals surface area contributed by atoms with Crippen molar-refractivity contribution < 1.29 is 4.55 Å². The van der Waals surface area contributed by atoms with Crippen LogP contribution in [0.1, 0.15) is 30.5 Å². The van der Waals surface area contributed by atoms with Gasteiger partial charge in [-0.3, -0.25) is 0 Å². The molecule has 1 atom stereocenters. The van der Waals surface area contributed by atoms with Crippen LogP contribution in [0.5, 0.6) is 0 Å². The Morgan fingerprint density at radius 3 is 2.67 bits per heavy atom. The van der Waals surface area contributed by atoms with Crippen LogP contribution in [0.2, 0.25) is 0 Å². The maximum atomic E-state index is 11.6. The summed E-state index contributed by atoms with van der Waals surface area (Å²) in [4.78, 5) is 1.49. The number of hydrogen-bond acceptors (Lipinski definition) is 4. The summed E-state index contributed by atoms with van der Waals surface area (Å²) in [6.45, 7) is 5.61. The number of rotatable bonds is 2. The molecule has 3 nitrogen and oxygen atoms in total. The van der Waals surface area contributed by atoms with Crippen molar-refractivity contribution in [3.05, 3.63) is 21.9 Å². The van der Waals surface area contributed by atoms with Gasteiger partial charge in [-0.15, -0.1) is 11.3 Å². The molecule has 1 aromatic heterocycles. The zero-order valence-corrected chi connectivity index (χ0v) is 10.5. The first-order chi connectivity index (χ1) is 6.93. The minimum atomic E-state index is -1.24. The van der Waals surface area contributed by atoms with E-state index in [-0.39, 0.29) is 4.75 Å². The van der Waals surface area contributed by atoms with E-state index in [1.807, 2.05) is 26.8 Å². The topological polar surface area (TPSA) is 59.2 Å². The van der Waals surface area contributed by atoms with Gasteiger partial charge in [0.05, 0.1) is 11.1 Å². The van der Waals surface area contributed by atoms with Gasteiger partial charge < -0.3 is 4.55 Å². The lowest BCUT2D eigenvalue weighted by molar-refractivity contribution is 0.562. The van der Waals surface area contributed by atoms with Crippen molar-refractivity contribution in [1.29, 1.82) is 5.26 Å². The van der Waals surface area contributed by atoms with Gasteiger partial charge in [-0.25, -0.2) is 0 Å². The smallest absolute Gasteiger partial charge is 0.144 e. The molecule has 80 valence electrons. The molecule has 0 saturated heterocycles. The normalized spacial score (nSPS) is 14.1. The van der Waals surface area contributed by atoms with E-state index < -0.39 is 11.4 Å². The highest BCUT2D eigenvalue weighted by molar-refractivity contribution is 7.91. The fourth-order valence-electron chi connectivity index (χ4n) is 0.740. The van der Waals surface area contributed by atoms with E-state index in [9.17, 15) is 4.55 Å². The second-order valence-electron chi connectivity index (χ2n) is 3.91. The second-order valence-corrected chi connectivity index (χ2v) is 6.96. The van der Waals surface area contributed by atoms with Crippen LogP contribution in [0.25, 0.3) is 0 Å². The highest BCUT2D eigenvalue weighted by Crippen LogP contribution is 2.18. The summed E-state index contributed by atoms with van der Waals surface area (Å²) in [5.41, 5.74) is 0. The summed E-state index contributed by atoms with van der Waals surface area (Å²) < 4.78 is 15.2. The van der Waals surface area contributed by atoms with Crippen LogP contribution in [0, 0.1) is 11.3 Å². The van der Waals surface area contributed by atoms with Gasteiger partial charge in [-0.1, -0.05) is 4.40 Å². The van der Waals surface area contributed by atoms with Crippen LogP contribution in [0.3, 0.4) is 0 Å². The maximum absolute atomic E-state index is 11.6. The number of nitriles is 1. The van der Waals surface area contributed by atoms with Gasteiger partial charge in [-0.2, -0.15) is 5.26 Å². The standard InChI is InChI=1S/C10H12N2OS2/c1-10(2,3)15(13)12-7-9-5-4-8(6-11)14-9/h4-5,7H,1-3H3/t15-/m0/s1. The molecule has 1 heterocycles. The summed E-state index contributed by atoms with van der Waals surface area (Å²) in [5.74, 6) is 0. The lowest BCUT2D eigenvalue weighted by atomic mass is 10.3. The fourth-order valence-corrected chi connectivity index (χ4v) is 2.01. The van der Waals surface area contributed by atoms with Crippen molar-refractivity contribution in [2.45, 2.75) is 25.5 Å². The van der Waals surface area contributed by atoms with E-state index >= 15 is 0 Å². The molecule has 1 rings (SSSR count). The molecule has 0 bridgehead atoms. The Kier molecular flexibility index (Phi) is 3.91. The van der Waals surface area contributed by atoms with Gasteiger partial charge in [0.25, 0.3) is 0 Å². The number of thiophene rings is 1. The van der Waals surface area contributed by atoms with E-state index in [0.717, 1.165) is 4.88 Å². The number of hydrogen-bond donors (Lipinski definition) is 0. The molecule has 0 unspecified atom stereocenters. The second kappa shape index (κ2) is 4.79. The van der Waals surface area contributed by atoms with E-state index in [0.29, 0.717) is 4.88 Å². The maximum Gasteiger partial charge on any atom is 0.144 e. The van der Waals surface area contributed by atoms with Crippen molar-refractivity contribution in [3.8, 4) is 6.07 Å². The number of nitrogens with zero attached hydrogens (tertiary/aromatic N) is 2. The predicted molar refractivity (Wildman–Crippen MR) is 64.5 cm³/mol. The predicted octanol–water partition coefficient (Wildman–Crippen LogP) is 2.50. The highest BCUT2D eigenvalue weighted by Gasteiger charge is 2.25. The SMILES string of the molecule is CC(C)(C)[S@+]([O-])N=Cc1ccc(C#N)s1. The molecule has 0 aliphatic carbocycles. The van der Waals surface area contributed by atoms with Gasteiger partial charge in [0.1, 0.15) is 27.1 Å². The third-order valence-electron chi connectivity index (χ3n) is 1.54. The average Bonchev–Trinajstić information content (AvgIpc) is 2.60. The third-order valence-corrected chi connectivity index (χ3v) is 3.81. The molecule has 0 fully saturated rings. The Morgan fingerprint density at radius 2 is 2.20 bits per heavy atom. The fraction of sp³-hybridized carbons (Fsp3) is 0.400. The summed E-state index contributed by atoms with van der Waals surface area (Å²) in [5, 5.41) is 8.61. The van der Waals surface area contributed by atoms with Gasteiger partial charge in [0, 0.05) is 0 Å². The van der Waals surface area contributed by atoms with Crippen LogP contribution >= 0.6 is 11.3 Å². The highest BCUT2D eigenvalue weighted by atomic mass is 32.2. The van der Waals surface area contributed by atoms with Crippen LogP contribution in [0.4, 0.5) is 0 Å². The first-order valence-corrected chi connectivity index (χ1v) is 6.32. The first kappa shape index (κ1) is 12.2. The van der Waals surface area contributed by atoms with E-state index in [4.69, 9.17) is 5.26 Å². The van der Waals surface area contributed by atoms with Crippen molar-refractivity contribution in [3.63, 3.8) is 0 Å². The summed E-state index contributed by atoms with van der Waals surface area (Å²) in [7, 11) is 0. The van der Waals surface area contributed by atoms with Crippen LogP contribution in [-0.2, 0) is 11.4 Å². The molecule has 15 heavy (non-hydrogen) atoms. The van der Waals surface area contributed by atoms with Crippen LogP contribution in [0.15, 0.2) is 16.5 Å². The molecule has 0 saturated carbocycles. The Bertz CT molecular complexity index is 398. The van der Waals surface area contributed by atoms with Crippen molar-refractivity contribution in [2.24, 2.45) is 4.40 Å². The minimum Gasteiger partial charge on any atom is -0.591 e. The third kappa shape index (κ3) is 3.67. The Hall–Kier alpha value is -0.830. The van der Waals surface area contributed by atoms with Gasteiger partial charge >= 0.3 is 0 Å². The molecule has 0 N–H and O–H groups in total. The first-order valence-electron chi connectivity index (χ1n) is 4.39. The zero-order valence-electron chi connectivity index (χ0n) is 8.85. The summed E-state index contributed by atoms with van der Waals surface area (Å²) in [6.07, 6.45) is 1.56. The Balaban J connectivity index is 2.70. The molecular formula is C10H12N2OS2. The van der Waals surface area contributed by atoms with Crippen molar-refractivity contribution >= 4 is 28.9 Å². The Morgan fingerprint density at radius 1 is 1.53 bits per heavy atom. The lowest BCUT2D eigenvalue weighted by Gasteiger charge is -2.17. The van der Waals surface area contributed by atoms with Gasteiger partial charge in [0.15, 0.2) is 0 Å². The lowest BCUT2D eigenvalue weighted by Crippen LogP contribution is -2.25. The largest absolute Gasteiger partial charge is 0.591 e. The van der Waals surface area contributed by atoms with E-state index in [2.05, 4.69) is 4.40 Å². The minimum absolute atomic E-state index is 0.341. The van der Waals surface area contributed by atoms with Gasteiger partial charge in [-0.05, 0) is 32.9 Å². The molecular weight excluding hydrogens is 228 g/mol. The van der Waals surface area contributed by atoms with Crippen molar-refractivity contribution in [1.82, 2.24) is 0 Å². The Labute approximate surface area is 96.8 Å². The van der Waals surface area contributed by atoms with Crippen LogP contribution < -0.4 is 0 Å². The molecule has 0 aliphatic rings. The summed E-state index contributed by atoms with van der Waals surface area (Å²) >= 11 is 0.103.